The van der Waals surface area contributed by atoms with Gasteiger partial charge in [0.05, 0.1) is 0 Å². The molecule has 0 aliphatic heterocycles. The van der Waals surface area contributed by atoms with E-state index in [1.165, 1.54) is 0 Å². The summed E-state index contributed by atoms with van der Waals surface area (Å²) in [6.07, 6.45) is 5.62. The van der Waals surface area contributed by atoms with Gasteiger partial charge in [-0.05, 0) is 11.5 Å². The van der Waals surface area contributed by atoms with Crippen LogP contribution in [0, 0.1) is 0 Å². The van der Waals surface area contributed by atoms with Crippen LogP contribution in [0.4, 0.5) is 0 Å². The van der Waals surface area contributed by atoms with Gasteiger partial charge in [0.1, 0.15) is 0 Å². The van der Waals surface area contributed by atoms with E-state index >= 15 is 0 Å². The molecule has 0 saturated heterocycles. The van der Waals surface area contributed by atoms with Crippen LogP contribution in [0.5, 0.6) is 0 Å². The smallest absolute Gasteiger partial charge is 0.174 e. The highest BCUT2D eigenvalue weighted by molar-refractivity contribution is 14.1. The quantitative estimate of drug-likeness (QED) is 0.407. The van der Waals surface area contributed by atoms with Crippen LogP contribution in [-0.2, 0) is 0 Å². The fraction of sp³-hybridized carbons (Fsp3) is 0.125. The minimum absolute atomic E-state index is 1.75. The Labute approximate surface area is 75.5 Å². The van der Waals surface area contributed by atoms with E-state index in [1.807, 2.05) is 40.1 Å². The van der Waals surface area contributed by atoms with Gasteiger partial charge >= 0.3 is 0 Å². The molecule has 2 heteroatoms. The predicted octanol–water partition coefficient (Wildman–Crippen LogP) is 2.13. The van der Waals surface area contributed by atoms with Gasteiger partial charge in [-0.15, -0.1) is 0 Å². The van der Waals surface area contributed by atoms with Gasteiger partial charge in [-0.3, -0.25) is 0 Å². The molecular weight excluding hydrogens is 237 g/mol. The van der Waals surface area contributed by atoms with E-state index in [9.17, 15) is 0 Å². The van der Waals surface area contributed by atoms with Gasteiger partial charge in [-0.1, -0.05) is 28.7 Å². The van der Waals surface area contributed by atoms with Crippen molar-refractivity contribution >= 4 is 28.8 Å². The largest absolute Gasteiger partial charge is 0.174 e. The topological polar surface area (TPSA) is 3.88 Å². The van der Waals surface area contributed by atoms with Crippen molar-refractivity contribution < 1.29 is 4.57 Å². The van der Waals surface area contributed by atoms with Crippen LogP contribution in [0.3, 0.4) is 0 Å². The van der Waals surface area contributed by atoms with E-state index in [-0.39, 0.29) is 0 Å². The fourth-order valence-electron chi connectivity index (χ4n) is 0.534. The molecule has 0 unspecified atom stereocenters. The molecule has 1 aromatic rings. The first-order valence-corrected chi connectivity index (χ1v) is 5.05. The van der Waals surface area contributed by atoms with Gasteiger partial charge in [0.15, 0.2) is 18.6 Å². The summed E-state index contributed by atoms with van der Waals surface area (Å²) in [6.45, 7) is 3.59. The number of aromatic nitrogens is 1. The molecule has 0 radical (unpaired) electrons. The Bertz CT molecular complexity index is 172. The SMILES string of the molecule is C=C[n+]1ccccc1.CI. The van der Waals surface area contributed by atoms with E-state index < -0.39 is 0 Å². The third-order valence-corrected chi connectivity index (χ3v) is 0.949. The molecule has 1 nitrogen and oxygen atoms in total. The molecule has 0 fully saturated rings. The van der Waals surface area contributed by atoms with E-state index in [0.717, 1.165) is 0 Å². The first-order valence-electron chi connectivity index (χ1n) is 2.89. The van der Waals surface area contributed by atoms with Crippen LogP contribution in [-0.4, -0.2) is 4.93 Å². The maximum absolute atomic E-state index is 3.59. The molecular formula is C8H11IN+. The van der Waals surface area contributed by atoms with Gasteiger partial charge in [0.2, 0.25) is 0 Å². The van der Waals surface area contributed by atoms with Crippen molar-refractivity contribution in [3.63, 3.8) is 0 Å². The van der Waals surface area contributed by atoms with Crippen molar-refractivity contribution in [2.45, 2.75) is 0 Å². The molecule has 0 saturated carbocycles. The molecule has 0 spiro atoms. The summed E-state index contributed by atoms with van der Waals surface area (Å²) in [5.41, 5.74) is 0. The Morgan fingerprint density at radius 3 is 2.00 bits per heavy atom. The molecule has 0 amide bonds. The first kappa shape index (κ1) is 9.62. The minimum Gasteiger partial charge on any atom is -0.174 e. The Balaban J connectivity index is 0.000000371. The molecule has 1 heterocycles. The highest BCUT2D eigenvalue weighted by atomic mass is 127. The van der Waals surface area contributed by atoms with Crippen LogP contribution >= 0.6 is 22.6 Å². The molecule has 10 heavy (non-hydrogen) atoms. The molecule has 0 aliphatic carbocycles. The van der Waals surface area contributed by atoms with Gasteiger partial charge < -0.3 is 0 Å². The number of hydrogen-bond donors (Lipinski definition) is 0. The summed E-state index contributed by atoms with van der Waals surface area (Å²) in [7, 11) is 0. The van der Waals surface area contributed by atoms with Crippen molar-refractivity contribution in [1.82, 2.24) is 0 Å². The van der Waals surface area contributed by atoms with Crippen LogP contribution in [0.15, 0.2) is 37.2 Å². The van der Waals surface area contributed by atoms with E-state index in [4.69, 9.17) is 0 Å². The summed E-state index contributed by atoms with van der Waals surface area (Å²) in [4.78, 5) is 1.97. The molecule has 0 N–H and O–H groups in total. The van der Waals surface area contributed by atoms with Crippen LogP contribution in [0.1, 0.15) is 0 Å². The van der Waals surface area contributed by atoms with Crippen LogP contribution in [0.2, 0.25) is 0 Å². The Hall–Kier alpha value is -0.380. The fourth-order valence-corrected chi connectivity index (χ4v) is 0.534. The zero-order chi connectivity index (χ0) is 7.82. The Morgan fingerprint density at radius 1 is 1.20 bits per heavy atom. The van der Waals surface area contributed by atoms with Crippen molar-refractivity contribution in [2.75, 3.05) is 4.93 Å². The number of hydrogen-bond acceptors (Lipinski definition) is 0. The second-order valence-electron chi connectivity index (χ2n) is 1.51. The molecule has 1 rings (SSSR count). The summed E-state index contributed by atoms with van der Waals surface area (Å²) in [5.74, 6) is 0. The Morgan fingerprint density at radius 2 is 1.70 bits per heavy atom. The highest BCUT2D eigenvalue weighted by Gasteiger charge is 1.83. The lowest BCUT2D eigenvalue weighted by atomic mass is 10.5. The maximum Gasteiger partial charge on any atom is 0.174 e. The summed E-state index contributed by atoms with van der Waals surface area (Å²) in [6, 6.07) is 5.89. The molecule has 0 bridgehead atoms. The van der Waals surface area contributed by atoms with Gasteiger partial charge in [0.25, 0.3) is 0 Å². The lowest BCUT2D eigenvalue weighted by Gasteiger charge is -1.79. The number of pyridine rings is 1. The zero-order valence-electron chi connectivity index (χ0n) is 6.00. The monoisotopic (exact) mass is 248 g/mol. The summed E-state index contributed by atoms with van der Waals surface area (Å²) in [5, 5.41) is 0. The first-order chi connectivity index (χ1) is 4.93. The summed E-state index contributed by atoms with van der Waals surface area (Å²) >= 11 is 2.15. The minimum atomic E-state index is 1.75. The van der Waals surface area contributed by atoms with Crippen molar-refractivity contribution in [1.29, 1.82) is 0 Å². The second-order valence-corrected chi connectivity index (χ2v) is 1.51. The Kier molecular flexibility index (Phi) is 6.48. The van der Waals surface area contributed by atoms with Gasteiger partial charge in [-0.2, -0.15) is 4.57 Å². The molecule has 54 valence electrons. The van der Waals surface area contributed by atoms with E-state index in [0.29, 0.717) is 0 Å². The van der Waals surface area contributed by atoms with Crippen LogP contribution < -0.4 is 4.57 Å². The molecule has 1 aromatic heterocycles. The highest BCUT2D eigenvalue weighted by Crippen LogP contribution is 1.74. The predicted molar refractivity (Wildman–Crippen MR) is 53.0 cm³/mol. The van der Waals surface area contributed by atoms with Crippen LogP contribution in [0.25, 0.3) is 6.20 Å². The maximum atomic E-state index is 3.59. The van der Waals surface area contributed by atoms with Crippen molar-refractivity contribution in [3.05, 3.63) is 37.2 Å². The zero-order valence-corrected chi connectivity index (χ0v) is 8.15. The number of rotatable bonds is 1. The number of alkyl halides is 1. The molecule has 0 atom stereocenters. The molecule has 0 aromatic carbocycles. The van der Waals surface area contributed by atoms with Gasteiger partial charge in [-0.25, -0.2) is 0 Å². The van der Waals surface area contributed by atoms with Gasteiger partial charge in [0, 0.05) is 12.1 Å². The standard InChI is InChI=1S/C7H8N.CH3I/c1-2-8-6-4-3-5-7-8;1-2/h2-7H,1H2;1H3/q+1;. The summed E-state index contributed by atoms with van der Waals surface area (Å²) < 4.78 is 1.89. The lowest BCUT2D eigenvalue weighted by Crippen LogP contribution is -2.22. The van der Waals surface area contributed by atoms with Crippen molar-refractivity contribution in [3.8, 4) is 0 Å². The van der Waals surface area contributed by atoms with Crippen molar-refractivity contribution in [2.24, 2.45) is 0 Å². The molecule has 0 aliphatic rings. The number of halogens is 1. The average molecular weight is 248 g/mol. The third kappa shape index (κ3) is 3.61. The third-order valence-electron chi connectivity index (χ3n) is 0.949. The normalized spacial score (nSPS) is 7.40. The number of nitrogens with zero attached hydrogens (tertiary/aromatic N) is 1. The lowest BCUT2D eigenvalue weighted by molar-refractivity contribution is -0.567. The van der Waals surface area contributed by atoms with E-state index in [1.54, 1.807) is 6.20 Å². The second kappa shape index (κ2) is 6.74. The van der Waals surface area contributed by atoms with E-state index in [2.05, 4.69) is 29.2 Å². The average Bonchev–Trinajstić information content (AvgIpc) is 2.10.